The second kappa shape index (κ2) is 2.21. The van der Waals surface area contributed by atoms with Crippen LogP contribution in [0.5, 0.6) is 0 Å². The Labute approximate surface area is 97.1 Å². The van der Waals surface area contributed by atoms with Gasteiger partial charge >= 0.3 is 0 Å². The first kappa shape index (κ1) is 9.21. The fraction of sp³-hybridized carbons (Fsp3) is 1.00. The van der Waals surface area contributed by atoms with Crippen molar-refractivity contribution in [2.75, 3.05) is 0 Å². The Morgan fingerprint density at radius 1 is 1.08 bits per heavy atom. The van der Waals surface area contributed by atoms with Crippen LogP contribution in [0.3, 0.4) is 0 Å². The lowest BCUT2D eigenvalue weighted by Gasteiger charge is -2.40. The number of fused-ring (bicyclic) bond motifs is 3. The lowest BCUT2D eigenvalue weighted by Crippen LogP contribution is -2.35. The molecule has 3 aliphatic rings. The Bertz CT molecular complexity index is 269. The number of hydrogen-bond acceptors (Lipinski definition) is 0. The van der Waals surface area contributed by atoms with Gasteiger partial charge in [0.15, 0.2) is 0 Å². The second-order valence-corrected chi connectivity index (χ2v) is 9.55. The van der Waals surface area contributed by atoms with Crippen molar-refractivity contribution in [3.8, 4) is 0 Å². The van der Waals surface area contributed by atoms with Gasteiger partial charge in [-0.3, -0.25) is 0 Å². The van der Waals surface area contributed by atoms with Crippen molar-refractivity contribution in [1.82, 2.24) is 0 Å². The molecule has 74 valence electrons. The van der Waals surface area contributed by atoms with Crippen molar-refractivity contribution in [1.29, 1.82) is 0 Å². The minimum absolute atomic E-state index is 0.288. The lowest BCUT2D eigenvalue weighted by molar-refractivity contribution is 0.100. The summed E-state index contributed by atoms with van der Waals surface area (Å²) in [5.74, 6) is 1.99. The van der Waals surface area contributed by atoms with Gasteiger partial charge in [0.2, 0.25) is 0 Å². The molecule has 0 aromatic heterocycles. The molecule has 3 fully saturated rings. The third-order valence-electron chi connectivity index (χ3n) is 5.33. The zero-order valence-electron chi connectivity index (χ0n) is 8.24. The van der Waals surface area contributed by atoms with Crippen LogP contribution in [0.1, 0.15) is 39.5 Å². The Balaban J connectivity index is 2.06. The summed E-state index contributed by atoms with van der Waals surface area (Å²) in [6, 6.07) is 0. The first-order valence-corrected chi connectivity index (χ1v) is 6.88. The van der Waals surface area contributed by atoms with Gasteiger partial charge in [-0.1, -0.05) is 45.7 Å². The Morgan fingerprint density at radius 2 is 1.62 bits per heavy atom. The van der Waals surface area contributed by atoms with Crippen molar-refractivity contribution in [3.05, 3.63) is 0 Å². The highest BCUT2D eigenvalue weighted by molar-refractivity contribution is 9.25. The molecule has 2 bridgehead atoms. The molecule has 0 aromatic rings. The summed E-state index contributed by atoms with van der Waals surface area (Å²) in [4.78, 5) is 0. The van der Waals surface area contributed by atoms with Gasteiger partial charge in [-0.05, 0) is 42.9 Å². The van der Waals surface area contributed by atoms with E-state index in [1.165, 1.54) is 25.7 Å². The van der Waals surface area contributed by atoms with Gasteiger partial charge in [0, 0.05) is 5.41 Å². The molecule has 3 rings (SSSR count). The van der Waals surface area contributed by atoms with Gasteiger partial charge in [0.25, 0.3) is 0 Å². The van der Waals surface area contributed by atoms with Gasteiger partial charge in [-0.15, -0.1) is 0 Å². The molecule has 0 N–H and O–H groups in total. The maximum atomic E-state index is 3.86. The third-order valence-corrected chi connectivity index (χ3v) is 7.30. The van der Waals surface area contributed by atoms with Crippen LogP contribution in [0.2, 0.25) is 0 Å². The van der Waals surface area contributed by atoms with Gasteiger partial charge in [0.1, 0.15) is 0 Å². The molecule has 1 unspecified atom stereocenters. The Morgan fingerprint density at radius 3 is 1.92 bits per heavy atom. The molecular formula is C11H16Br2. The lowest BCUT2D eigenvalue weighted by atomic mass is 9.66. The molecule has 0 aliphatic heterocycles. The highest BCUT2D eigenvalue weighted by atomic mass is 79.9. The summed E-state index contributed by atoms with van der Waals surface area (Å²) in [7, 11) is 0. The van der Waals surface area contributed by atoms with Crippen LogP contribution >= 0.6 is 31.9 Å². The second-order valence-electron chi connectivity index (χ2n) is 5.78. The van der Waals surface area contributed by atoms with Crippen LogP contribution in [0.4, 0.5) is 0 Å². The zero-order valence-corrected chi connectivity index (χ0v) is 11.4. The van der Waals surface area contributed by atoms with Gasteiger partial charge in [-0.25, -0.2) is 0 Å². The molecule has 3 aliphatic carbocycles. The largest absolute Gasteiger partial charge is 0.0876 e. The first-order valence-electron chi connectivity index (χ1n) is 5.30. The van der Waals surface area contributed by atoms with Crippen molar-refractivity contribution in [2.24, 2.45) is 22.7 Å². The van der Waals surface area contributed by atoms with E-state index in [4.69, 9.17) is 0 Å². The quantitative estimate of drug-likeness (QED) is 0.585. The Kier molecular flexibility index (Phi) is 1.57. The summed E-state index contributed by atoms with van der Waals surface area (Å²) in [5, 5.41) is 0. The summed E-state index contributed by atoms with van der Waals surface area (Å²) in [6.07, 6.45) is 5.79. The van der Waals surface area contributed by atoms with E-state index in [1.807, 2.05) is 0 Å². The average molecular weight is 308 g/mol. The monoisotopic (exact) mass is 306 g/mol. The van der Waals surface area contributed by atoms with Crippen LogP contribution in [-0.2, 0) is 0 Å². The van der Waals surface area contributed by atoms with E-state index in [9.17, 15) is 0 Å². The number of halogens is 2. The van der Waals surface area contributed by atoms with Crippen molar-refractivity contribution >= 4 is 31.9 Å². The molecule has 0 aromatic carbocycles. The molecule has 2 heteroatoms. The molecular weight excluding hydrogens is 292 g/mol. The minimum Gasteiger partial charge on any atom is -0.0721 e. The zero-order chi connectivity index (χ0) is 9.48. The SMILES string of the molecule is CC1(C)[C@H]2CC[C@H](C2)C12CC2(Br)Br. The summed E-state index contributed by atoms with van der Waals surface area (Å²) in [5.41, 5.74) is 1.14. The van der Waals surface area contributed by atoms with Crippen molar-refractivity contribution in [3.63, 3.8) is 0 Å². The predicted molar refractivity (Wildman–Crippen MR) is 62.2 cm³/mol. The van der Waals surface area contributed by atoms with E-state index in [-0.39, 0.29) is 3.23 Å². The fourth-order valence-corrected chi connectivity index (χ4v) is 6.98. The van der Waals surface area contributed by atoms with E-state index >= 15 is 0 Å². The smallest absolute Gasteiger partial charge is 0.0721 e. The van der Waals surface area contributed by atoms with E-state index in [0.717, 1.165) is 11.8 Å². The third kappa shape index (κ3) is 0.806. The normalized spacial score (nSPS) is 54.5. The summed E-state index contributed by atoms with van der Waals surface area (Å²) in [6.45, 7) is 4.97. The average Bonchev–Trinajstić information content (AvgIpc) is 2.47. The highest BCUT2D eigenvalue weighted by Gasteiger charge is 2.79. The van der Waals surface area contributed by atoms with Crippen LogP contribution in [-0.4, -0.2) is 3.23 Å². The highest BCUT2D eigenvalue weighted by Crippen LogP contribution is 2.85. The van der Waals surface area contributed by atoms with Crippen LogP contribution in [0, 0.1) is 22.7 Å². The van der Waals surface area contributed by atoms with Crippen LogP contribution in [0.15, 0.2) is 0 Å². The molecule has 0 radical (unpaired) electrons. The number of hydrogen-bond donors (Lipinski definition) is 0. The van der Waals surface area contributed by atoms with Crippen LogP contribution < -0.4 is 0 Å². The van der Waals surface area contributed by atoms with E-state index in [1.54, 1.807) is 0 Å². The fourth-order valence-electron chi connectivity index (χ4n) is 4.42. The molecule has 0 heterocycles. The maximum absolute atomic E-state index is 3.86. The van der Waals surface area contributed by atoms with E-state index in [2.05, 4.69) is 45.7 Å². The molecule has 0 nitrogen and oxygen atoms in total. The molecule has 1 spiro atoms. The number of rotatable bonds is 0. The molecule has 3 saturated carbocycles. The maximum Gasteiger partial charge on any atom is 0.0876 e. The van der Waals surface area contributed by atoms with Crippen molar-refractivity contribution < 1.29 is 0 Å². The molecule has 13 heavy (non-hydrogen) atoms. The minimum atomic E-state index is 0.288. The van der Waals surface area contributed by atoms with Crippen LogP contribution in [0.25, 0.3) is 0 Å². The van der Waals surface area contributed by atoms with Gasteiger partial charge < -0.3 is 0 Å². The molecule has 0 saturated heterocycles. The van der Waals surface area contributed by atoms with Gasteiger partial charge in [-0.2, -0.15) is 0 Å². The van der Waals surface area contributed by atoms with Crippen molar-refractivity contribution in [2.45, 2.75) is 42.8 Å². The molecule has 0 amide bonds. The summed E-state index contributed by atoms with van der Waals surface area (Å²) < 4.78 is 0.288. The standard InChI is InChI=1S/C11H16Br2/c1-9(2)7-3-4-8(5-7)10(9)6-11(10,12)13/h7-8H,3-6H2,1-2H3/t7-,8+,10?/m0/s1. The first-order chi connectivity index (χ1) is 5.92. The summed E-state index contributed by atoms with van der Waals surface area (Å²) >= 11 is 7.73. The Hall–Kier alpha value is 0.960. The molecule has 3 atom stereocenters. The van der Waals surface area contributed by atoms with E-state index in [0.29, 0.717) is 10.8 Å². The topological polar surface area (TPSA) is 0 Å². The number of alkyl halides is 2. The predicted octanol–water partition coefficient (Wildman–Crippen LogP) is 4.32. The van der Waals surface area contributed by atoms with E-state index < -0.39 is 0 Å². The van der Waals surface area contributed by atoms with Gasteiger partial charge in [0.05, 0.1) is 3.23 Å².